The van der Waals surface area contributed by atoms with Crippen LogP contribution in [0.3, 0.4) is 0 Å². The van der Waals surface area contributed by atoms with Crippen LogP contribution >= 0.6 is 28.1 Å². The SMILES string of the molecule is Cc1cccc(NC(=S)Nc2ccccc2)c1Br. The zero-order chi connectivity index (χ0) is 13.0. The fourth-order valence-corrected chi connectivity index (χ4v) is 2.14. The molecule has 0 amide bonds. The van der Waals surface area contributed by atoms with Crippen LogP contribution in [0.4, 0.5) is 11.4 Å². The lowest BCUT2D eigenvalue weighted by molar-refractivity contribution is 1.42. The van der Waals surface area contributed by atoms with E-state index in [1.807, 2.05) is 55.5 Å². The van der Waals surface area contributed by atoms with Crippen molar-refractivity contribution >= 4 is 44.6 Å². The number of thiocarbonyl (C=S) groups is 1. The predicted octanol–water partition coefficient (Wildman–Crippen LogP) is 4.57. The molecule has 2 aromatic rings. The molecule has 0 aliphatic heterocycles. The van der Waals surface area contributed by atoms with Gasteiger partial charge >= 0.3 is 0 Å². The Bertz CT molecular complexity index is 555. The Morgan fingerprint density at radius 3 is 2.44 bits per heavy atom. The Kier molecular flexibility index (Phi) is 4.33. The Labute approximate surface area is 121 Å². The monoisotopic (exact) mass is 320 g/mol. The van der Waals surface area contributed by atoms with Crippen molar-refractivity contribution in [3.63, 3.8) is 0 Å². The zero-order valence-electron chi connectivity index (χ0n) is 9.91. The molecule has 4 heteroatoms. The predicted molar refractivity (Wildman–Crippen MR) is 85.2 cm³/mol. The molecule has 0 spiro atoms. The maximum Gasteiger partial charge on any atom is 0.175 e. The van der Waals surface area contributed by atoms with Crippen molar-refractivity contribution in [2.24, 2.45) is 0 Å². The fraction of sp³-hybridized carbons (Fsp3) is 0.0714. The number of rotatable bonds is 2. The van der Waals surface area contributed by atoms with Gasteiger partial charge in [0.2, 0.25) is 0 Å². The van der Waals surface area contributed by atoms with Gasteiger partial charge in [0.05, 0.1) is 5.69 Å². The molecule has 92 valence electrons. The molecule has 0 unspecified atom stereocenters. The quantitative estimate of drug-likeness (QED) is 0.793. The number of nitrogens with one attached hydrogen (secondary N) is 2. The maximum atomic E-state index is 5.28. The molecule has 0 fully saturated rings. The molecule has 0 heterocycles. The highest BCUT2D eigenvalue weighted by Gasteiger charge is 2.04. The number of hydrogen-bond acceptors (Lipinski definition) is 1. The van der Waals surface area contributed by atoms with Crippen molar-refractivity contribution in [2.45, 2.75) is 6.92 Å². The van der Waals surface area contributed by atoms with E-state index in [1.165, 1.54) is 5.56 Å². The lowest BCUT2D eigenvalue weighted by Gasteiger charge is -2.12. The molecular formula is C14H13BrN2S. The van der Waals surface area contributed by atoms with Gasteiger partial charge in [-0.05, 0) is 58.8 Å². The number of para-hydroxylation sites is 1. The molecular weight excluding hydrogens is 308 g/mol. The average Bonchev–Trinajstić information content (AvgIpc) is 2.36. The van der Waals surface area contributed by atoms with Crippen molar-refractivity contribution in [3.05, 3.63) is 58.6 Å². The van der Waals surface area contributed by atoms with Crippen LogP contribution in [0.25, 0.3) is 0 Å². The summed E-state index contributed by atoms with van der Waals surface area (Å²) in [6, 6.07) is 15.9. The second-order valence-corrected chi connectivity index (χ2v) is 5.08. The van der Waals surface area contributed by atoms with Crippen LogP contribution in [0.5, 0.6) is 0 Å². The van der Waals surface area contributed by atoms with Gasteiger partial charge in [-0.25, -0.2) is 0 Å². The highest BCUT2D eigenvalue weighted by atomic mass is 79.9. The smallest absolute Gasteiger partial charge is 0.175 e. The first-order valence-corrected chi connectivity index (χ1v) is 6.75. The molecule has 18 heavy (non-hydrogen) atoms. The minimum absolute atomic E-state index is 0.576. The fourth-order valence-electron chi connectivity index (χ4n) is 1.55. The van der Waals surface area contributed by atoms with Gasteiger partial charge in [-0.15, -0.1) is 0 Å². The Balaban J connectivity index is 2.06. The molecule has 0 aliphatic rings. The largest absolute Gasteiger partial charge is 0.332 e. The zero-order valence-corrected chi connectivity index (χ0v) is 12.3. The minimum Gasteiger partial charge on any atom is -0.332 e. The van der Waals surface area contributed by atoms with Crippen molar-refractivity contribution in [2.75, 3.05) is 10.6 Å². The van der Waals surface area contributed by atoms with E-state index in [1.54, 1.807) is 0 Å². The van der Waals surface area contributed by atoms with Gasteiger partial charge in [0.1, 0.15) is 0 Å². The first kappa shape index (κ1) is 13.1. The van der Waals surface area contributed by atoms with Gasteiger partial charge in [-0.2, -0.15) is 0 Å². The molecule has 0 atom stereocenters. The van der Waals surface area contributed by atoms with Crippen LogP contribution < -0.4 is 10.6 Å². The normalized spacial score (nSPS) is 9.89. The minimum atomic E-state index is 0.576. The first-order chi connectivity index (χ1) is 8.66. The molecule has 0 bridgehead atoms. The van der Waals surface area contributed by atoms with Crippen LogP contribution in [0.1, 0.15) is 5.56 Å². The van der Waals surface area contributed by atoms with Crippen molar-refractivity contribution < 1.29 is 0 Å². The first-order valence-electron chi connectivity index (χ1n) is 5.55. The second kappa shape index (κ2) is 5.98. The van der Waals surface area contributed by atoms with Gasteiger partial charge in [0.15, 0.2) is 5.11 Å². The van der Waals surface area contributed by atoms with Crippen LogP contribution in [0.15, 0.2) is 53.0 Å². The summed E-state index contributed by atoms with van der Waals surface area (Å²) in [5, 5.41) is 6.89. The van der Waals surface area contributed by atoms with Crippen LogP contribution in [-0.4, -0.2) is 5.11 Å². The second-order valence-electron chi connectivity index (χ2n) is 3.88. The molecule has 2 rings (SSSR count). The van der Waals surface area contributed by atoms with Crippen LogP contribution in [-0.2, 0) is 0 Å². The van der Waals surface area contributed by atoms with E-state index >= 15 is 0 Å². The number of halogens is 1. The highest BCUT2D eigenvalue weighted by Crippen LogP contribution is 2.25. The topological polar surface area (TPSA) is 24.1 Å². The lowest BCUT2D eigenvalue weighted by atomic mass is 10.2. The summed E-state index contributed by atoms with van der Waals surface area (Å²) >= 11 is 8.82. The van der Waals surface area contributed by atoms with Crippen molar-refractivity contribution in [1.29, 1.82) is 0 Å². The molecule has 0 saturated carbocycles. The van der Waals surface area contributed by atoms with Gasteiger partial charge in [-0.3, -0.25) is 0 Å². The van der Waals surface area contributed by atoms with E-state index in [4.69, 9.17) is 12.2 Å². The van der Waals surface area contributed by atoms with Gasteiger partial charge in [0, 0.05) is 10.2 Å². The standard InChI is InChI=1S/C14H13BrN2S/c1-10-6-5-9-12(13(10)15)17-14(18)16-11-7-3-2-4-8-11/h2-9H,1H3,(H2,16,17,18). The van der Waals surface area contributed by atoms with Crippen LogP contribution in [0.2, 0.25) is 0 Å². The number of hydrogen-bond donors (Lipinski definition) is 2. The summed E-state index contributed by atoms with van der Waals surface area (Å²) in [5.41, 5.74) is 3.10. The average molecular weight is 321 g/mol. The summed E-state index contributed by atoms with van der Waals surface area (Å²) in [6.45, 7) is 2.04. The Hall–Kier alpha value is -1.39. The molecule has 0 saturated heterocycles. The summed E-state index contributed by atoms with van der Waals surface area (Å²) in [6.07, 6.45) is 0. The molecule has 2 aromatic carbocycles. The third-order valence-corrected chi connectivity index (χ3v) is 3.73. The van der Waals surface area contributed by atoms with E-state index in [-0.39, 0.29) is 0 Å². The van der Waals surface area contributed by atoms with E-state index in [9.17, 15) is 0 Å². The summed E-state index contributed by atoms with van der Waals surface area (Å²) < 4.78 is 1.03. The maximum absolute atomic E-state index is 5.28. The van der Waals surface area contributed by atoms with E-state index < -0.39 is 0 Å². The van der Waals surface area contributed by atoms with E-state index in [2.05, 4.69) is 26.6 Å². The molecule has 0 aliphatic carbocycles. The number of aryl methyl sites for hydroxylation is 1. The van der Waals surface area contributed by atoms with E-state index in [0.717, 1.165) is 15.8 Å². The third-order valence-electron chi connectivity index (χ3n) is 2.47. The molecule has 2 N–H and O–H groups in total. The highest BCUT2D eigenvalue weighted by molar-refractivity contribution is 9.10. The van der Waals surface area contributed by atoms with Gasteiger partial charge < -0.3 is 10.6 Å². The Morgan fingerprint density at radius 1 is 1.00 bits per heavy atom. The van der Waals surface area contributed by atoms with Crippen molar-refractivity contribution in [3.8, 4) is 0 Å². The number of anilines is 2. The Morgan fingerprint density at radius 2 is 1.72 bits per heavy atom. The van der Waals surface area contributed by atoms with Gasteiger partial charge in [-0.1, -0.05) is 30.3 Å². The van der Waals surface area contributed by atoms with Gasteiger partial charge in [0.25, 0.3) is 0 Å². The van der Waals surface area contributed by atoms with Crippen LogP contribution in [0, 0.1) is 6.92 Å². The number of benzene rings is 2. The molecule has 2 nitrogen and oxygen atoms in total. The molecule has 0 aromatic heterocycles. The van der Waals surface area contributed by atoms with E-state index in [0.29, 0.717) is 5.11 Å². The summed E-state index contributed by atoms with van der Waals surface area (Å²) in [7, 11) is 0. The molecule has 0 radical (unpaired) electrons. The third kappa shape index (κ3) is 3.31. The summed E-state index contributed by atoms with van der Waals surface area (Å²) in [5.74, 6) is 0. The lowest BCUT2D eigenvalue weighted by Crippen LogP contribution is -2.19. The summed E-state index contributed by atoms with van der Waals surface area (Å²) in [4.78, 5) is 0. The van der Waals surface area contributed by atoms with Crippen molar-refractivity contribution in [1.82, 2.24) is 0 Å².